The molecule has 2 aliphatic rings. The number of nitrogens with zero attached hydrogens (tertiary/aromatic N) is 1. The Labute approximate surface area is 232 Å². The zero-order valence-corrected chi connectivity index (χ0v) is 23.4. The van der Waals surface area contributed by atoms with Gasteiger partial charge in [0.2, 0.25) is 5.91 Å². The lowest BCUT2D eigenvalue weighted by molar-refractivity contribution is -0.148. The summed E-state index contributed by atoms with van der Waals surface area (Å²) in [5.41, 5.74) is 6.41. The number of hydrogen-bond donors (Lipinski definition) is 1. The number of methoxy groups -OCH3 is 1. The van der Waals surface area contributed by atoms with Gasteiger partial charge in [0, 0.05) is 25.5 Å². The first-order valence-corrected chi connectivity index (χ1v) is 14.2. The van der Waals surface area contributed by atoms with Crippen molar-refractivity contribution in [2.75, 3.05) is 31.4 Å². The van der Waals surface area contributed by atoms with E-state index in [1.807, 2.05) is 26.2 Å². The van der Waals surface area contributed by atoms with E-state index in [2.05, 4.69) is 70.9 Å². The summed E-state index contributed by atoms with van der Waals surface area (Å²) in [7, 11) is 5.55. The van der Waals surface area contributed by atoms with E-state index in [4.69, 9.17) is 4.74 Å². The average Bonchev–Trinajstić information content (AvgIpc) is 2.93. The molecule has 5 heteroatoms. The standard InChI is InChI=1S/C34H40N2O3/c1-36(2)31-16-14-26(15-17-31)25-12-10-24(11-13-25)23-34(18-5-4-6-19-34)33(38)35-30-9-7-8-27(22-30)28-20-29(21-28)32(37)39-3/h7-17,22,28-29H,4-6,18-21,23H2,1-3H3,(H,35,38). The van der Waals surface area contributed by atoms with Gasteiger partial charge in [-0.3, -0.25) is 9.59 Å². The van der Waals surface area contributed by atoms with Crippen LogP contribution in [0.3, 0.4) is 0 Å². The van der Waals surface area contributed by atoms with Crippen molar-refractivity contribution in [3.63, 3.8) is 0 Å². The smallest absolute Gasteiger partial charge is 0.308 e. The zero-order chi connectivity index (χ0) is 27.4. The molecule has 3 aromatic rings. The summed E-state index contributed by atoms with van der Waals surface area (Å²) in [5.74, 6) is 0.341. The Bertz CT molecular complexity index is 1280. The van der Waals surface area contributed by atoms with E-state index < -0.39 is 5.41 Å². The molecule has 0 aromatic heterocycles. The number of benzene rings is 3. The molecule has 0 atom stereocenters. The van der Waals surface area contributed by atoms with Crippen molar-refractivity contribution in [3.05, 3.63) is 83.9 Å². The Morgan fingerprint density at radius 2 is 1.54 bits per heavy atom. The Kier molecular flexibility index (Phi) is 8.06. The third kappa shape index (κ3) is 6.03. The molecule has 5 rings (SSSR count). The quantitative estimate of drug-likeness (QED) is 0.316. The maximum atomic E-state index is 13.8. The number of rotatable bonds is 8. The van der Waals surface area contributed by atoms with Gasteiger partial charge in [-0.1, -0.05) is 67.8 Å². The largest absolute Gasteiger partial charge is 0.469 e. The lowest BCUT2D eigenvalue weighted by Gasteiger charge is -2.36. The van der Waals surface area contributed by atoms with E-state index in [0.29, 0.717) is 5.92 Å². The highest BCUT2D eigenvalue weighted by Crippen LogP contribution is 2.44. The Morgan fingerprint density at radius 1 is 0.897 bits per heavy atom. The fraction of sp³-hybridized carbons (Fsp3) is 0.412. The highest BCUT2D eigenvalue weighted by atomic mass is 16.5. The molecule has 2 saturated carbocycles. The number of hydrogen-bond acceptors (Lipinski definition) is 4. The van der Waals surface area contributed by atoms with Crippen LogP contribution in [0, 0.1) is 11.3 Å². The van der Waals surface area contributed by atoms with Gasteiger partial charge in [0.25, 0.3) is 0 Å². The summed E-state index contributed by atoms with van der Waals surface area (Å²) in [4.78, 5) is 27.7. The second-order valence-corrected chi connectivity index (χ2v) is 11.6. The molecule has 2 aliphatic carbocycles. The van der Waals surface area contributed by atoms with Crippen molar-refractivity contribution in [2.45, 2.75) is 57.3 Å². The number of ether oxygens (including phenoxy) is 1. The number of amides is 1. The monoisotopic (exact) mass is 524 g/mol. The number of carbonyl (C=O) groups is 2. The van der Waals surface area contributed by atoms with E-state index >= 15 is 0 Å². The molecule has 0 unspecified atom stereocenters. The Hall–Kier alpha value is -3.60. The van der Waals surface area contributed by atoms with Crippen molar-refractivity contribution in [3.8, 4) is 11.1 Å². The van der Waals surface area contributed by atoms with Gasteiger partial charge in [-0.05, 0) is 84.5 Å². The third-order valence-electron chi connectivity index (χ3n) is 8.79. The van der Waals surface area contributed by atoms with Crippen molar-refractivity contribution in [1.29, 1.82) is 0 Å². The van der Waals surface area contributed by atoms with Crippen LogP contribution in [0.2, 0.25) is 0 Å². The van der Waals surface area contributed by atoms with Gasteiger partial charge >= 0.3 is 5.97 Å². The molecule has 0 heterocycles. The van der Waals surface area contributed by atoms with Crippen LogP contribution in [0.1, 0.15) is 62.0 Å². The predicted octanol–water partition coefficient (Wildman–Crippen LogP) is 7.22. The minimum absolute atomic E-state index is 0.00690. The molecule has 0 spiro atoms. The summed E-state index contributed by atoms with van der Waals surface area (Å²) in [5, 5.41) is 3.28. The number of esters is 1. The Balaban J connectivity index is 1.27. The second kappa shape index (κ2) is 11.6. The van der Waals surface area contributed by atoms with Crippen LogP contribution in [0.4, 0.5) is 11.4 Å². The minimum Gasteiger partial charge on any atom is -0.469 e. The number of nitrogens with one attached hydrogen (secondary N) is 1. The molecule has 204 valence electrons. The summed E-state index contributed by atoms with van der Waals surface area (Å²) in [6.07, 6.45) is 7.55. The maximum absolute atomic E-state index is 13.8. The summed E-state index contributed by atoms with van der Waals surface area (Å²) in [6.45, 7) is 0. The SMILES string of the molecule is COC(=O)C1CC(c2cccc(NC(=O)C3(Cc4ccc(-c5ccc(N(C)C)cc5)cc4)CCCCC3)c2)C1. The van der Waals surface area contributed by atoms with Gasteiger partial charge in [0.15, 0.2) is 0 Å². The molecule has 0 aliphatic heterocycles. The molecule has 39 heavy (non-hydrogen) atoms. The zero-order valence-electron chi connectivity index (χ0n) is 23.4. The summed E-state index contributed by atoms with van der Waals surface area (Å²) in [6, 6.07) is 25.5. The van der Waals surface area contributed by atoms with Crippen LogP contribution in [0.5, 0.6) is 0 Å². The molecule has 2 fully saturated rings. The summed E-state index contributed by atoms with van der Waals surface area (Å²) < 4.78 is 4.89. The normalized spacial score (nSPS) is 20.0. The number of anilines is 2. The predicted molar refractivity (Wildman–Crippen MR) is 158 cm³/mol. The lowest BCUT2D eigenvalue weighted by atomic mass is 9.69. The van der Waals surface area contributed by atoms with Gasteiger partial charge in [0.1, 0.15) is 0 Å². The van der Waals surface area contributed by atoms with E-state index in [1.165, 1.54) is 41.5 Å². The van der Waals surface area contributed by atoms with Gasteiger partial charge in [-0.15, -0.1) is 0 Å². The first kappa shape index (κ1) is 27.0. The fourth-order valence-corrected chi connectivity index (χ4v) is 6.25. The molecule has 3 aromatic carbocycles. The Morgan fingerprint density at radius 3 is 2.15 bits per heavy atom. The highest BCUT2D eigenvalue weighted by molar-refractivity contribution is 5.95. The van der Waals surface area contributed by atoms with Crippen molar-refractivity contribution < 1.29 is 14.3 Å². The van der Waals surface area contributed by atoms with Crippen LogP contribution in [-0.2, 0) is 20.7 Å². The van der Waals surface area contributed by atoms with Crippen LogP contribution in [0.15, 0.2) is 72.8 Å². The summed E-state index contributed by atoms with van der Waals surface area (Å²) >= 11 is 0. The molecule has 0 saturated heterocycles. The lowest BCUT2D eigenvalue weighted by Crippen LogP contribution is -2.40. The molecule has 0 bridgehead atoms. The minimum atomic E-state index is -0.393. The maximum Gasteiger partial charge on any atom is 0.308 e. The van der Waals surface area contributed by atoms with E-state index in [9.17, 15) is 9.59 Å². The van der Waals surface area contributed by atoms with Crippen molar-refractivity contribution in [1.82, 2.24) is 0 Å². The second-order valence-electron chi connectivity index (χ2n) is 11.6. The highest BCUT2D eigenvalue weighted by Gasteiger charge is 2.40. The number of carbonyl (C=O) groups excluding carboxylic acids is 2. The molecule has 1 N–H and O–H groups in total. The van der Waals surface area contributed by atoms with E-state index in [1.54, 1.807) is 0 Å². The molecule has 0 radical (unpaired) electrons. The van der Waals surface area contributed by atoms with E-state index in [-0.39, 0.29) is 17.8 Å². The van der Waals surface area contributed by atoms with Crippen molar-refractivity contribution >= 4 is 23.3 Å². The molecular formula is C34H40N2O3. The third-order valence-corrected chi connectivity index (χ3v) is 8.79. The van der Waals surface area contributed by atoms with Gasteiger partial charge < -0.3 is 15.0 Å². The fourth-order valence-electron chi connectivity index (χ4n) is 6.25. The van der Waals surface area contributed by atoms with Crippen LogP contribution < -0.4 is 10.2 Å². The topological polar surface area (TPSA) is 58.6 Å². The average molecular weight is 525 g/mol. The van der Waals surface area contributed by atoms with Gasteiger partial charge in [-0.25, -0.2) is 0 Å². The van der Waals surface area contributed by atoms with Gasteiger partial charge in [0.05, 0.1) is 18.4 Å². The first-order valence-electron chi connectivity index (χ1n) is 14.2. The first-order chi connectivity index (χ1) is 18.9. The van der Waals surface area contributed by atoms with Crippen LogP contribution in [0.25, 0.3) is 11.1 Å². The molecule has 5 nitrogen and oxygen atoms in total. The molecular weight excluding hydrogens is 484 g/mol. The van der Waals surface area contributed by atoms with Crippen molar-refractivity contribution in [2.24, 2.45) is 11.3 Å². The molecule has 1 amide bonds. The van der Waals surface area contributed by atoms with Crippen LogP contribution in [-0.4, -0.2) is 33.1 Å². The van der Waals surface area contributed by atoms with E-state index in [0.717, 1.165) is 50.6 Å². The van der Waals surface area contributed by atoms with Gasteiger partial charge in [-0.2, -0.15) is 0 Å². The van der Waals surface area contributed by atoms with Crippen LogP contribution >= 0.6 is 0 Å².